The van der Waals surface area contributed by atoms with Crippen LogP contribution in [0.25, 0.3) is 0 Å². The number of hydrogen-bond acceptors (Lipinski definition) is 3. The van der Waals surface area contributed by atoms with E-state index in [-0.39, 0.29) is 0 Å². The molecular weight excluding hydrogens is 262 g/mol. The molecule has 0 aliphatic rings. The Morgan fingerprint density at radius 3 is 2.79 bits per heavy atom. The standard InChI is InChI=1S/C14H18ClN3O/c1-10(2)13-16-17-14(15)18(13)8-7-11-5-4-6-12(9-11)19-3/h4-6,9-10H,7-8H2,1-3H3. The Kier molecular flexibility index (Phi) is 4.43. The molecule has 4 nitrogen and oxygen atoms in total. The van der Waals surface area contributed by atoms with Crippen LogP contribution in [0.1, 0.15) is 31.2 Å². The van der Waals surface area contributed by atoms with E-state index in [0.717, 1.165) is 24.5 Å². The molecule has 19 heavy (non-hydrogen) atoms. The summed E-state index contributed by atoms with van der Waals surface area (Å²) in [7, 11) is 1.67. The van der Waals surface area contributed by atoms with Crippen LogP contribution in [0.3, 0.4) is 0 Å². The van der Waals surface area contributed by atoms with Crippen molar-refractivity contribution in [2.45, 2.75) is 32.7 Å². The molecule has 1 aromatic carbocycles. The quantitative estimate of drug-likeness (QED) is 0.843. The number of rotatable bonds is 5. The van der Waals surface area contributed by atoms with Gasteiger partial charge in [0, 0.05) is 12.5 Å². The molecular formula is C14H18ClN3O. The van der Waals surface area contributed by atoms with Crippen LogP contribution >= 0.6 is 11.6 Å². The molecule has 2 rings (SSSR count). The van der Waals surface area contributed by atoms with Gasteiger partial charge >= 0.3 is 0 Å². The first-order chi connectivity index (χ1) is 9.11. The summed E-state index contributed by atoms with van der Waals surface area (Å²) in [5.41, 5.74) is 1.21. The summed E-state index contributed by atoms with van der Waals surface area (Å²) >= 11 is 6.08. The Hall–Kier alpha value is -1.55. The van der Waals surface area contributed by atoms with Crippen molar-refractivity contribution < 1.29 is 4.74 Å². The maximum Gasteiger partial charge on any atom is 0.225 e. The van der Waals surface area contributed by atoms with Gasteiger partial charge in [0.1, 0.15) is 11.6 Å². The number of methoxy groups -OCH3 is 1. The second kappa shape index (κ2) is 6.06. The predicted molar refractivity (Wildman–Crippen MR) is 75.8 cm³/mol. The third kappa shape index (κ3) is 3.26. The average Bonchev–Trinajstić information content (AvgIpc) is 2.78. The number of ether oxygens (including phenoxy) is 1. The first kappa shape index (κ1) is 13.9. The van der Waals surface area contributed by atoms with Crippen molar-refractivity contribution in [1.82, 2.24) is 14.8 Å². The lowest BCUT2D eigenvalue weighted by molar-refractivity contribution is 0.414. The summed E-state index contributed by atoms with van der Waals surface area (Å²) in [6.07, 6.45) is 0.870. The number of benzene rings is 1. The Morgan fingerprint density at radius 2 is 2.11 bits per heavy atom. The molecule has 0 aliphatic heterocycles. The van der Waals surface area contributed by atoms with Gasteiger partial charge in [-0.05, 0) is 35.7 Å². The molecule has 0 saturated carbocycles. The normalized spacial score (nSPS) is 11.0. The van der Waals surface area contributed by atoms with E-state index in [1.165, 1.54) is 5.56 Å². The monoisotopic (exact) mass is 279 g/mol. The van der Waals surface area contributed by atoms with Crippen LogP contribution < -0.4 is 4.74 Å². The van der Waals surface area contributed by atoms with Crippen LogP contribution in [0.15, 0.2) is 24.3 Å². The van der Waals surface area contributed by atoms with Crippen LogP contribution in [-0.2, 0) is 13.0 Å². The molecule has 1 aromatic heterocycles. The lowest BCUT2D eigenvalue weighted by Gasteiger charge is -2.10. The van der Waals surface area contributed by atoms with Gasteiger partial charge in [-0.3, -0.25) is 0 Å². The van der Waals surface area contributed by atoms with Gasteiger partial charge in [-0.15, -0.1) is 10.2 Å². The lowest BCUT2D eigenvalue weighted by Crippen LogP contribution is -2.08. The fourth-order valence-corrected chi connectivity index (χ4v) is 2.21. The van der Waals surface area contributed by atoms with Crippen LogP contribution in [0.2, 0.25) is 5.28 Å². The van der Waals surface area contributed by atoms with Gasteiger partial charge in [-0.25, -0.2) is 0 Å². The fourth-order valence-electron chi connectivity index (χ4n) is 2.00. The van der Waals surface area contributed by atoms with E-state index in [4.69, 9.17) is 16.3 Å². The minimum atomic E-state index is 0.310. The number of hydrogen-bond donors (Lipinski definition) is 0. The second-order valence-electron chi connectivity index (χ2n) is 4.74. The molecule has 102 valence electrons. The second-order valence-corrected chi connectivity index (χ2v) is 5.07. The summed E-state index contributed by atoms with van der Waals surface area (Å²) in [5, 5.41) is 8.51. The maximum atomic E-state index is 6.08. The van der Waals surface area contributed by atoms with Crippen LogP contribution in [0.5, 0.6) is 5.75 Å². The zero-order chi connectivity index (χ0) is 13.8. The van der Waals surface area contributed by atoms with Gasteiger partial charge in [0.15, 0.2) is 0 Å². The SMILES string of the molecule is COc1cccc(CCn2c(Cl)nnc2C(C)C)c1. The summed E-state index contributed by atoms with van der Waals surface area (Å²) in [6.45, 7) is 4.94. The van der Waals surface area contributed by atoms with Crippen molar-refractivity contribution in [2.24, 2.45) is 0 Å². The van der Waals surface area contributed by atoms with Gasteiger partial charge in [0.05, 0.1) is 7.11 Å². The minimum Gasteiger partial charge on any atom is -0.497 e. The molecule has 0 aliphatic carbocycles. The molecule has 0 atom stereocenters. The third-order valence-electron chi connectivity index (χ3n) is 3.01. The van der Waals surface area contributed by atoms with Crippen molar-refractivity contribution >= 4 is 11.6 Å². The number of aryl methyl sites for hydroxylation is 1. The highest BCUT2D eigenvalue weighted by Crippen LogP contribution is 2.18. The highest BCUT2D eigenvalue weighted by molar-refractivity contribution is 6.28. The van der Waals surface area contributed by atoms with Gasteiger partial charge < -0.3 is 9.30 Å². The van der Waals surface area contributed by atoms with E-state index in [0.29, 0.717) is 11.2 Å². The number of aromatic nitrogens is 3. The molecule has 2 aromatic rings. The Labute approximate surface area is 118 Å². The molecule has 5 heteroatoms. The van der Waals surface area contributed by atoms with Crippen LogP contribution in [0.4, 0.5) is 0 Å². The smallest absolute Gasteiger partial charge is 0.225 e. The highest BCUT2D eigenvalue weighted by Gasteiger charge is 2.13. The van der Waals surface area contributed by atoms with E-state index in [1.54, 1.807) is 7.11 Å². The number of nitrogens with zero attached hydrogens (tertiary/aromatic N) is 3. The molecule has 0 bridgehead atoms. The molecule has 0 unspecified atom stereocenters. The summed E-state index contributed by atoms with van der Waals surface area (Å²) in [4.78, 5) is 0. The highest BCUT2D eigenvalue weighted by atomic mass is 35.5. The molecule has 1 heterocycles. The summed E-state index contributed by atoms with van der Waals surface area (Å²) < 4.78 is 7.18. The fraction of sp³-hybridized carbons (Fsp3) is 0.429. The largest absolute Gasteiger partial charge is 0.497 e. The maximum absolute atomic E-state index is 6.08. The van der Waals surface area contributed by atoms with Gasteiger partial charge in [-0.2, -0.15) is 0 Å². The van der Waals surface area contributed by atoms with E-state index in [2.05, 4.69) is 30.1 Å². The molecule has 0 spiro atoms. The average molecular weight is 280 g/mol. The van der Waals surface area contributed by atoms with E-state index in [1.807, 2.05) is 22.8 Å². The first-order valence-corrected chi connectivity index (χ1v) is 6.71. The summed E-state index contributed by atoms with van der Waals surface area (Å²) in [6, 6.07) is 8.04. The van der Waals surface area contributed by atoms with Crippen molar-refractivity contribution in [3.05, 3.63) is 40.9 Å². The molecule has 0 N–H and O–H groups in total. The molecule has 0 fully saturated rings. The molecule has 0 radical (unpaired) electrons. The van der Waals surface area contributed by atoms with Gasteiger partial charge in [0.2, 0.25) is 5.28 Å². The Balaban J connectivity index is 2.12. The zero-order valence-electron chi connectivity index (χ0n) is 11.4. The van der Waals surface area contributed by atoms with E-state index >= 15 is 0 Å². The zero-order valence-corrected chi connectivity index (χ0v) is 12.2. The summed E-state index contributed by atoms with van der Waals surface area (Å²) in [5.74, 6) is 2.11. The van der Waals surface area contributed by atoms with Crippen molar-refractivity contribution in [3.63, 3.8) is 0 Å². The Bertz CT molecular complexity index is 551. The van der Waals surface area contributed by atoms with E-state index < -0.39 is 0 Å². The van der Waals surface area contributed by atoms with Crippen LogP contribution in [0, 0.1) is 0 Å². The van der Waals surface area contributed by atoms with Gasteiger partial charge in [0.25, 0.3) is 0 Å². The lowest BCUT2D eigenvalue weighted by atomic mass is 10.1. The molecule has 0 saturated heterocycles. The third-order valence-corrected chi connectivity index (χ3v) is 3.29. The Morgan fingerprint density at radius 1 is 1.32 bits per heavy atom. The van der Waals surface area contributed by atoms with Crippen LogP contribution in [-0.4, -0.2) is 21.9 Å². The topological polar surface area (TPSA) is 39.9 Å². The van der Waals surface area contributed by atoms with Crippen molar-refractivity contribution in [1.29, 1.82) is 0 Å². The number of halogens is 1. The predicted octanol–water partition coefficient (Wildman–Crippen LogP) is 3.31. The first-order valence-electron chi connectivity index (χ1n) is 6.33. The minimum absolute atomic E-state index is 0.310. The van der Waals surface area contributed by atoms with E-state index in [9.17, 15) is 0 Å². The van der Waals surface area contributed by atoms with Crippen molar-refractivity contribution in [3.8, 4) is 5.75 Å². The van der Waals surface area contributed by atoms with Gasteiger partial charge in [-0.1, -0.05) is 26.0 Å². The van der Waals surface area contributed by atoms with Crippen molar-refractivity contribution in [2.75, 3.05) is 7.11 Å². The molecule has 0 amide bonds.